The van der Waals surface area contributed by atoms with Crippen LogP contribution >= 0.6 is 11.6 Å². The maximum Gasteiger partial charge on any atom is 0.356 e. The van der Waals surface area contributed by atoms with Gasteiger partial charge in [-0.15, -0.1) is 0 Å². The number of nitrogens with one attached hydrogen (secondary N) is 1. The summed E-state index contributed by atoms with van der Waals surface area (Å²) in [7, 11) is 3.00. The van der Waals surface area contributed by atoms with E-state index in [1.807, 2.05) is 0 Å². The van der Waals surface area contributed by atoms with Gasteiger partial charge in [0.25, 0.3) is 0 Å². The van der Waals surface area contributed by atoms with E-state index in [-0.39, 0.29) is 5.69 Å². The Hall–Kier alpha value is -2.54. The molecule has 7 nitrogen and oxygen atoms in total. The number of carboxylic acids is 1. The number of carboxylic acid groups (broad SMARTS) is 1. The number of hydrogen-bond donors (Lipinski definition) is 2. The smallest absolute Gasteiger partial charge is 0.356 e. The van der Waals surface area contributed by atoms with Crippen LogP contribution in [0.5, 0.6) is 11.5 Å². The molecule has 0 atom stereocenters. The van der Waals surface area contributed by atoms with Crippen LogP contribution in [0, 0.1) is 0 Å². The molecular weight excluding hydrogens is 298 g/mol. The number of anilines is 2. The lowest BCUT2D eigenvalue weighted by molar-refractivity contribution is 0.0690. The van der Waals surface area contributed by atoms with Gasteiger partial charge in [-0.2, -0.15) is 0 Å². The van der Waals surface area contributed by atoms with Gasteiger partial charge in [-0.25, -0.2) is 14.8 Å². The fraction of sp³-hybridized carbons (Fsp3) is 0.154. The number of benzene rings is 1. The van der Waals surface area contributed by atoms with Gasteiger partial charge in [-0.1, -0.05) is 11.6 Å². The molecule has 0 bridgehead atoms. The van der Waals surface area contributed by atoms with Crippen LogP contribution in [0.2, 0.25) is 5.02 Å². The second kappa shape index (κ2) is 6.27. The van der Waals surface area contributed by atoms with Crippen molar-refractivity contribution in [1.82, 2.24) is 9.97 Å². The summed E-state index contributed by atoms with van der Waals surface area (Å²) < 4.78 is 10.3. The second-order valence-corrected chi connectivity index (χ2v) is 4.31. The molecule has 0 unspecified atom stereocenters. The van der Waals surface area contributed by atoms with Crippen LogP contribution in [0.3, 0.4) is 0 Å². The number of halogens is 1. The predicted octanol–water partition coefficient (Wildman–Crippen LogP) is 2.59. The van der Waals surface area contributed by atoms with Crippen molar-refractivity contribution in [2.24, 2.45) is 0 Å². The molecule has 0 fully saturated rings. The van der Waals surface area contributed by atoms with Gasteiger partial charge in [0.1, 0.15) is 17.3 Å². The summed E-state index contributed by atoms with van der Waals surface area (Å²) in [6.07, 6.45) is 2.47. The molecule has 0 amide bonds. The monoisotopic (exact) mass is 309 g/mol. The lowest BCUT2D eigenvalue weighted by atomic mass is 10.2. The fourth-order valence-corrected chi connectivity index (χ4v) is 1.83. The van der Waals surface area contributed by atoms with Crippen molar-refractivity contribution in [1.29, 1.82) is 0 Å². The SMILES string of the molecule is COc1cc(Nc2cnc(C(=O)O)cn2)c(OC)cc1Cl. The van der Waals surface area contributed by atoms with Crippen LogP contribution < -0.4 is 14.8 Å². The molecule has 1 heterocycles. The van der Waals surface area contributed by atoms with Crippen molar-refractivity contribution >= 4 is 29.1 Å². The standard InChI is InChI=1S/C13H12ClN3O4/c1-20-10-4-8(11(21-2)3-7(10)14)17-12-6-15-9(5-16-12)13(18)19/h3-6H,1-2H3,(H,16,17)(H,18,19). The maximum absolute atomic E-state index is 10.7. The average Bonchev–Trinajstić information content (AvgIpc) is 2.49. The van der Waals surface area contributed by atoms with Crippen LogP contribution in [-0.4, -0.2) is 35.3 Å². The van der Waals surface area contributed by atoms with E-state index < -0.39 is 5.97 Å². The summed E-state index contributed by atoms with van der Waals surface area (Å²) in [5.41, 5.74) is 0.428. The van der Waals surface area contributed by atoms with Crippen LogP contribution in [0.4, 0.5) is 11.5 Å². The van der Waals surface area contributed by atoms with E-state index in [0.717, 1.165) is 6.20 Å². The highest BCUT2D eigenvalue weighted by Crippen LogP contribution is 2.36. The summed E-state index contributed by atoms with van der Waals surface area (Å²) in [6, 6.07) is 3.25. The average molecular weight is 310 g/mol. The van der Waals surface area contributed by atoms with Gasteiger partial charge in [0.15, 0.2) is 5.69 Å². The first-order chi connectivity index (χ1) is 10.0. The zero-order valence-corrected chi connectivity index (χ0v) is 12.0. The Morgan fingerprint density at radius 1 is 1.19 bits per heavy atom. The van der Waals surface area contributed by atoms with Crippen molar-refractivity contribution in [2.45, 2.75) is 0 Å². The quantitative estimate of drug-likeness (QED) is 0.876. The highest BCUT2D eigenvalue weighted by molar-refractivity contribution is 6.32. The van der Waals surface area contributed by atoms with Crippen LogP contribution in [-0.2, 0) is 0 Å². The first-order valence-electron chi connectivity index (χ1n) is 5.79. The summed E-state index contributed by atoms with van der Waals surface area (Å²) in [5.74, 6) is 0.183. The summed E-state index contributed by atoms with van der Waals surface area (Å²) in [6.45, 7) is 0. The molecule has 0 saturated carbocycles. The topological polar surface area (TPSA) is 93.6 Å². The molecule has 2 aromatic rings. The van der Waals surface area contributed by atoms with Gasteiger partial charge >= 0.3 is 5.97 Å². The summed E-state index contributed by atoms with van der Waals surface area (Å²) in [5, 5.41) is 12.1. The molecule has 0 radical (unpaired) electrons. The Balaban J connectivity index is 2.31. The molecule has 2 rings (SSSR count). The van der Waals surface area contributed by atoms with Crippen molar-refractivity contribution in [2.75, 3.05) is 19.5 Å². The number of nitrogens with zero attached hydrogens (tertiary/aromatic N) is 2. The van der Waals surface area contributed by atoms with E-state index in [0.29, 0.717) is 28.0 Å². The zero-order valence-electron chi connectivity index (χ0n) is 11.3. The van der Waals surface area contributed by atoms with Crippen molar-refractivity contribution in [3.05, 3.63) is 35.2 Å². The third-order valence-corrected chi connectivity index (χ3v) is 2.90. The minimum absolute atomic E-state index is 0.138. The molecule has 8 heteroatoms. The minimum atomic E-state index is -1.14. The van der Waals surface area contributed by atoms with Gasteiger partial charge < -0.3 is 19.9 Å². The Kier molecular flexibility index (Phi) is 4.44. The number of methoxy groups -OCH3 is 2. The van der Waals surface area contributed by atoms with Gasteiger partial charge in [-0.3, -0.25) is 0 Å². The summed E-state index contributed by atoms with van der Waals surface area (Å²) >= 11 is 6.01. The van der Waals surface area contributed by atoms with Gasteiger partial charge in [0.05, 0.1) is 37.3 Å². The Morgan fingerprint density at radius 3 is 2.43 bits per heavy atom. The molecule has 0 aliphatic rings. The van der Waals surface area contributed by atoms with E-state index in [1.165, 1.54) is 20.4 Å². The van der Waals surface area contributed by atoms with Gasteiger partial charge in [0.2, 0.25) is 0 Å². The Morgan fingerprint density at radius 2 is 1.90 bits per heavy atom. The number of rotatable bonds is 5. The van der Waals surface area contributed by atoms with E-state index in [9.17, 15) is 4.79 Å². The first kappa shape index (κ1) is 14.9. The van der Waals surface area contributed by atoms with E-state index in [1.54, 1.807) is 12.1 Å². The molecule has 2 N–H and O–H groups in total. The fourth-order valence-electron chi connectivity index (χ4n) is 1.60. The Labute approximate surface area is 125 Å². The van der Waals surface area contributed by atoms with Gasteiger partial charge in [-0.05, 0) is 0 Å². The second-order valence-electron chi connectivity index (χ2n) is 3.90. The third-order valence-electron chi connectivity index (χ3n) is 2.61. The van der Waals surface area contributed by atoms with Crippen LogP contribution in [0.15, 0.2) is 24.5 Å². The van der Waals surface area contributed by atoms with Crippen LogP contribution in [0.1, 0.15) is 10.5 Å². The normalized spacial score (nSPS) is 10.0. The molecule has 0 saturated heterocycles. The number of aromatic carboxylic acids is 1. The Bertz CT molecular complexity index is 661. The van der Waals surface area contributed by atoms with Crippen LogP contribution in [0.25, 0.3) is 0 Å². The first-order valence-corrected chi connectivity index (χ1v) is 6.17. The lowest BCUT2D eigenvalue weighted by Gasteiger charge is -2.13. The zero-order chi connectivity index (χ0) is 15.4. The van der Waals surface area contributed by atoms with Crippen molar-refractivity contribution in [3.63, 3.8) is 0 Å². The molecule has 21 heavy (non-hydrogen) atoms. The van der Waals surface area contributed by atoms with Crippen molar-refractivity contribution in [3.8, 4) is 11.5 Å². The molecule has 0 spiro atoms. The minimum Gasteiger partial charge on any atom is -0.495 e. The lowest BCUT2D eigenvalue weighted by Crippen LogP contribution is -2.03. The number of aromatic nitrogens is 2. The van der Waals surface area contributed by atoms with Crippen molar-refractivity contribution < 1.29 is 19.4 Å². The molecular formula is C13H12ClN3O4. The largest absolute Gasteiger partial charge is 0.495 e. The van der Waals surface area contributed by atoms with E-state index >= 15 is 0 Å². The number of ether oxygens (including phenoxy) is 2. The summed E-state index contributed by atoms with van der Waals surface area (Å²) in [4.78, 5) is 18.4. The highest BCUT2D eigenvalue weighted by atomic mass is 35.5. The maximum atomic E-state index is 10.7. The van der Waals surface area contributed by atoms with E-state index in [4.69, 9.17) is 26.2 Å². The van der Waals surface area contributed by atoms with Gasteiger partial charge in [0, 0.05) is 12.1 Å². The number of hydrogen-bond acceptors (Lipinski definition) is 6. The molecule has 0 aliphatic carbocycles. The number of carbonyl (C=O) groups is 1. The molecule has 1 aromatic carbocycles. The van der Waals surface area contributed by atoms with E-state index in [2.05, 4.69) is 15.3 Å². The molecule has 1 aromatic heterocycles. The third kappa shape index (κ3) is 3.32. The highest BCUT2D eigenvalue weighted by Gasteiger charge is 2.11. The predicted molar refractivity (Wildman–Crippen MR) is 76.8 cm³/mol. The molecule has 0 aliphatic heterocycles. The molecule has 110 valence electrons.